The normalized spacial score (nSPS) is 11.4. The van der Waals surface area contributed by atoms with Gasteiger partial charge in [0.2, 0.25) is 5.91 Å². The number of carbonyl (C=O) groups is 1. The number of H-pyrrole nitrogens is 1. The first-order valence-corrected chi connectivity index (χ1v) is 11.3. The molecule has 0 spiro atoms. The van der Waals surface area contributed by atoms with E-state index in [0.29, 0.717) is 23.3 Å². The fourth-order valence-electron chi connectivity index (χ4n) is 3.62. The van der Waals surface area contributed by atoms with Crippen molar-refractivity contribution in [3.8, 4) is 0 Å². The lowest BCUT2D eigenvalue weighted by atomic mass is 10.2. The van der Waals surface area contributed by atoms with Crippen LogP contribution in [0.2, 0.25) is 0 Å². The van der Waals surface area contributed by atoms with Gasteiger partial charge in [-0.3, -0.25) is 9.59 Å². The number of carbonyl (C=O) groups excluding carboxylic acids is 1. The number of fused-ring (bicyclic) bond motifs is 2. The highest BCUT2D eigenvalue weighted by Crippen LogP contribution is 2.22. The Hall–Kier alpha value is -4.10. The molecule has 3 aromatic carbocycles. The standard InChI is InChI=1S/C26H20N4O2S/c31-25(15-14-24-28-21-12-6-7-13-22(21)33-24)30(16-18-8-2-1-3-9-18)17-23-27-20-11-5-4-10-19(20)26(32)29-23/h1-15H,16-17H2,(H,27,29,32)/b15-14+. The predicted octanol–water partition coefficient (Wildman–Crippen LogP) is 4.78. The van der Waals surface area contributed by atoms with Gasteiger partial charge >= 0.3 is 0 Å². The van der Waals surface area contributed by atoms with E-state index >= 15 is 0 Å². The van der Waals surface area contributed by atoms with Crippen molar-refractivity contribution >= 4 is 44.4 Å². The molecule has 33 heavy (non-hydrogen) atoms. The molecule has 0 saturated carbocycles. The van der Waals surface area contributed by atoms with E-state index < -0.39 is 0 Å². The van der Waals surface area contributed by atoms with Gasteiger partial charge in [0.15, 0.2) is 0 Å². The molecule has 5 rings (SSSR count). The van der Waals surface area contributed by atoms with Gasteiger partial charge in [-0.2, -0.15) is 0 Å². The van der Waals surface area contributed by atoms with Crippen molar-refractivity contribution in [2.24, 2.45) is 0 Å². The van der Waals surface area contributed by atoms with Crippen LogP contribution in [0.3, 0.4) is 0 Å². The molecule has 0 aliphatic heterocycles. The molecule has 2 heterocycles. The zero-order valence-electron chi connectivity index (χ0n) is 17.6. The number of amides is 1. The summed E-state index contributed by atoms with van der Waals surface area (Å²) in [5, 5.41) is 1.29. The summed E-state index contributed by atoms with van der Waals surface area (Å²) in [4.78, 5) is 39.3. The van der Waals surface area contributed by atoms with Crippen LogP contribution in [0, 0.1) is 0 Å². The van der Waals surface area contributed by atoms with Crippen LogP contribution >= 0.6 is 11.3 Å². The molecular weight excluding hydrogens is 432 g/mol. The molecule has 5 aromatic rings. The van der Waals surface area contributed by atoms with Crippen LogP contribution in [0.4, 0.5) is 0 Å². The summed E-state index contributed by atoms with van der Waals surface area (Å²) in [6.07, 6.45) is 3.27. The number of rotatable bonds is 6. The van der Waals surface area contributed by atoms with Gasteiger partial charge in [-0.1, -0.05) is 54.6 Å². The molecule has 0 radical (unpaired) electrons. The quantitative estimate of drug-likeness (QED) is 0.376. The highest BCUT2D eigenvalue weighted by atomic mass is 32.1. The van der Waals surface area contributed by atoms with E-state index in [2.05, 4.69) is 15.0 Å². The third-order valence-corrected chi connectivity index (χ3v) is 6.21. The van der Waals surface area contributed by atoms with Crippen molar-refractivity contribution in [3.63, 3.8) is 0 Å². The van der Waals surface area contributed by atoms with E-state index in [1.807, 2.05) is 60.7 Å². The Morgan fingerprint density at radius 2 is 1.61 bits per heavy atom. The Labute approximate surface area is 193 Å². The Morgan fingerprint density at radius 1 is 0.879 bits per heavy atom. The van der Waals surface area contributed by atoms with Gasteiger partial charge in [-0.05, 0) is 35.9 Å². The van der Waals surface area contributed by atoms with E-state index in [9.17, 15) is 9.59 Å². The first-order valence-electron chi connectivity index (χ1n) is 10.5. The van der Waals surface area contributed by atoms with Crippen LogP contribution in [0.1, 0.15) is 16.4 Å². The van der Waals surface area contributed by atoms with Crippen molar-refractivity contribution < 1.29 is 4.79 Å². The summed E-state index contributed by atoms with van der Waals surface area (Å²) >= 11 is 1.53. The lowest BCUT2D eigenvalue weighted by Gasteiger charge is -2.21. The van der Waals surface area contributed by atoms with Crippen LogP contribution in [0.15, 0.2) is 89.7 Å². The average Bonchev–Trinajstić information content (AvgIpc) is 3.26. The van der Waals surface area contributed by atoms with Gasteiger partial charge < -0.3 is 9.88 Å². The third-order valence-electron chi connectivity index (χ3n) is 5.21. The molecule has 0 saturated heterocycles. The van der Waals surface area contributed by atoms with Gasteiger partial charge in [0.05, 0.1) is 27.7 Å². The van der Waals surface area contributed by atoms with Crippen molar-refractivity contribution in [3.05, 3.63) is 112 Å². The molecule has 1 N–H and O–H groups in total. The van der Waals surface area contributed by atoms with Gasteiger partial charge in [-0.25, -0.2) is 9.97 Å². The van der Waals surface area contributed by atoms with Crippen LogP contribution in [-0.2, 0) is 17.9 Å². The number of aromatic nitrogens is 3. The maximum absolute atomic E-state index is 13.2. The summed E-state index contributed by atoms with van der Waals surface area (Å²) in [6.45, 7) is 0.568. The first-order chi connectivity index (χ1) is 16.2. The zero-order valence-corrected chi connectivity index (χ0v) is 18.5. The fourth-order valence-corrected chi connectivity index (χ4v) is 4.49. The fraction of sp³-hybridized carbons (Fsp3) is 0.0769. The van der Waals surface area contributed by atoms with Crippen LogP contribution in [0.25, 0.3) is 27.2 Å². The predicted molar refractivity (Wildman–Crippen MR) is 132 cm³/mol. The van der Waals surface area contributed by atoms with Crippen molar-refractivity contribution in [1.29, 1.82) is 0 Å². The Balaban J connectivity index is 1.43. The molecule has 162 valence electrons. The van der Waals surface area contributed by atoms with Crippen molar-refractivity contribution in [1.82, 2.24) is 19.9 Å². The molecule has 0 fully saturated rings. The van der Waals surface area contributed by atoms with Crippen molar-refractivity contribution in [2.75, 3.05) is 0 Å². The Kier molecular flexibility index (Phi) is 5.78. The highest BCUT2D eigenvalue weighted by Gasteiger charge is 2.15. The van der Waals surface area contributed by atoms with E-state index in [1.165, 1.54) is 17.4 Å². The van der Waals surface area contributed by atoms with Crippen LogP contribution < -0.4 is 5.56 Å². The smallest absolute Gasteiger partial charge is 0.258 e. The lowest BCUT2D eigenvalue weighted by Crippen LogP contribution is -2.30. The molecule has 0 aliphatic rings. The number of thiazole rings is 1. The summed E-state index contributed by atoms with van der Waals surface area (Å²) < 4.78 is 1.07. The van der Waals surface area contributed by atoms with Crippen LogP contribution in [-0.4, -0.2) is 25.8 Å². The molecule has 0 unspecified atom stereocenters. The minimum absolute atomic E-state index is 0.179. The number of hydrogen-bond donors (Lipinski definition) is 1. The number of benzene rings is 3. The maximum atomic E-state index is 13.2. The van der Waals surface area contributed by atoms with Gasteiger partial charge in [-0.15, -0.1) is 11.3 Å². The second-order valence-electron chi connectivity index (χ2n) is 7.56. The maximum Gasteiger partial charge on any atom is 0.258 e. The van der Waals surface area contributed by atoms with Gasteiger partial charge in [0, 0.05) is 12.6 Å². The number of para-hydroxylation sites is 2. The lowest BCUT2D eigenvalue weighted by molar-refractivity contribution is -0.127. The average molecular weight is 453 g/mol. The van der Waals surface area contributed by atoms with E-state index in [-0.39, 0.29) is 18.0 Å². The molecule has 6 nitrogen and oxygen atoms in total. The summed E-state index contributed by atoms with van der Waals surface area (Å²) in [6, 6.07) is 24.8. The molecule has 0 atom stereocenters. The second kappa shape index (κ2) is 9.18. The Bertz CT molecular complexity index is 1490. The SMILES string of the molecule is O=C(/C=C/c1nc2ccccc2s1)N(Cc1ccccc1)Cc1nc2ccccc2c(=O)[nH]1. The van der Waals surface area contributed by atoms with E-state index in [4.69, 9.17) is 0 Å². The van der Waals surface area contributed by atoms with E-state index in [0.717, 1.165) is 20.8 Å². The monoisotopic (exact) mass is 452 g/mol. The summed E-state index contributed by atoms with van der Waals surface area (Å²) in [5.41, 5.74) is 2.29. The van der Waals surface area contributed by atoms with Gasteiger partial charge in [0.1, 0.15) is 10.8 Å². The first kappa shape index (κ1) is 20.8. The second-order valence-corrected chi connectivity index (χ2v) is 8.63. The van der Waals surface area contributed by atoms with E-state index in [1.54, 1.807) is 29.2 Å². The molecule has 1 amide bonds. The molecule has 2 aromatic heterocycles. The van der Waals surface area contributed by atoms with Crippen LogP contribution in [0.5, 0.6) is 0 Å². The number of nitrogens with one attached hydrogen (secondary N) is 1. The minimum Gasteiger partial charge on any atom is -0.327 e. The largest absolute Gasteiger partial charge is 0.327 e. The summed E-state index contributed by atoms with van der Waals surface area (Å²) in [7, 11) is 0. The third kappa shape index (κ3) is 4.73. The number of nitrogens with zero attached hydrogens (tertiary/aromatic N) is 3. The topological polar surface area (TPSA) is 79.0 Å². The molecule has 0 aliphatic carbocycles. The Morgan fingerprint density at radius 3 is 2.42 bits per heavy atom. The number of aromatic amines is 1. The molecular formula is C26H20N4O2S. The van der Waals surface area contributed by atoms with Gasteiger partial charge in [0.25, 0.3) is 5.56 Å². The number of hydrogen-bond acceptors (Lipinski definition) is 5. The summed E-state index contributed by atoms with van der Waals surface area (Å²) in [5.74, 6) is 0.255. The zero-order chi connectivity index (χ0) is 22.6. The molecule has 0 bridgehead atoms. The highest BCUT2D eigenvalue weighted by molar-refractivity contribution is 7.19. The molecule has 7 heteroatoms. The van der Waals surface area contributed by atoms with Crippen molar-refractivity contribution in [2.45, 2.75) is 13.1 Å². The minimum atomic E-state index is -0.215.